The molecule has 1 unspecified atom stereocenters. The van der Waals surface area contributed by atoms with Crippen molar-refractivity contribution in [2.45, 2.75) is 13.0 Å². The predicted octanol–water partition coefficient (Wildman–Crippen LogP) is 2.30. The Morgan fingerprint density at radius 3 is 2.92 bits per heavy atom. The highest BCUT2D eigenvalue weighted by atomic mass is 35.5. The van der Waals surface area contributed by atoms with Gasteiger partial charge in [-0.25, -0.2) is 0 Å². The summed E-state index contributed by atoms with van der Waals surface area (Å²) in [4.78, 5) is 11.4. The van der Waals surface area contributed by atoms with E-state index in [9.17, 15) is 4.79 Å². The third kappa shape index (κ3) is 0.916. The maximum Gasteiger partial charge on any atom is 0.206 e. The molecule has 0 aromatic heterocycles. The number of para-hydroxylation sites is 1. The zero-order valence-corrected chi connectivity index (χ0v) is 7.26. The summed E-state index contributed by atoms with van der Waals surface area (Å²) in [7, 11) is 0. The second-order valence-corrected chi connectivity index (χ2v) is 3.15. The van der Waals surface area contributed by atoms with Crippen molar-refractivity contribution in [3.8, 4) is 5.75 Å². The normalized spacial score (nSPS) is 20.5. The third-order valence-electron chi connectivity index (χ3n) is 1.90. The van der Waals surface area contributed by atoms with Crippen molar-refractivity contribution in [3.63, 3.8) is 0 Å². The number of Topliss-reactive ketones (excluding diaryl/α,β-unsaturated/α-hetero) is 1. The molecular formula is C9H7ClO2. The Morgan fingerprint density at radius 2 is 2.25 bits per heavy atom. The van der Waals surface area contributed by atoms with Crippen molar-refractivity contribution in [1.82, 2.24) is 0 Å². The second-order valence-electron chi connectivity index (χ2n) is 2.74. The molecule has 0 fully saturated rings. The Labute approximate surface area is 75.1 Å². The van der Waals surface area contributed by atoms with Crippen LogP contribution in [0.25, 0.3) is 0 Å². The third-order valence-corrected chi connectivity index (χ3v) is 2.19. The first-order valence-electron chi connectivity index (χ1n) is 3.69. The average molecular weight is 183 g/mol. The molecule has 0 radical (unpaired) electrons. The summed E-state index contributed by atoms with van der Waals surface area (Å²) >= 11 is 5.82. The van der Waals surface area contributed by atoms with E-state index in [2.05, 4.69) is 0 Å². The van der Waals surface area contributed by atoms with Gasteiger partial charge in [0.25, 0.3) is 0 Å². The molecule has 1 atom stereocenters. The summed E-state index contributed by atoms with van der Waals surface area (Å²) in [5, 5.41) is 0.505. The van der Waals surface area contributed by atoms with Gasteiger partial charge in [0.2, 0.25) is 5.78 Å². The van der Waals surface area contributed by atoms with Crippen LogP contribution in [0.2, 0.25) is 5.02 Å². The van der Waals surface area contributed by atoms with Crippen molar-refractivity contribution < 1.29 is 9.53 Å². The van der Waals surface area contributed by atoms with Gasteiger partial charge in [0.05, 0.1) is 10.6 Å². The van der Waals surface area contributed by atoms with Crippen LogP contribution in [0, 0.1) is 0 Å². The van der Waals surface area contributed by atoms with Gasteiger partial charge < -0.3 is 4.74 Å². The Kier molecular flexibility index (Phi) is 1.58. The molecule has 1 heterocycles. The minimum atomic E-state index is -0.389. The molecule has 12 heavy (non-hydrogen) atoms. The molecule has 0 spiro atoms. The number of rotatable bonds is 0. The molecule has 0 aliphatic carbocycles. The van der Waals surface area contributed by atoms with Crippen molar-refractivity contribution in [1.29, 1.82) is 0 Å². The van der Waals surface area contributed by atoms with Crippen LogP contribution in [0.4, 0.5) is 0 Å². The first-order chi connectivity index (χ1) is 5.70. The summed E-state index contributed by atoms with van der Waals surface area (Å²) in [6, 6.07) is 5.19. The van der Waals surface area contributed by atoms with E-state index in [4.69, 9.17) is 16.3 Å². The lowest BCUT2D eigenvalue weighted by molar-refractivity contribution is 0.0878. The number of ketones is 1. The fourth-order valence-electron chi connectivity index (χ4n) is 1.27. The Balaban J connectivity index is 2.61. The van der Waals surface area contributed by atoms with E-state index in [-0.39, 0.29) is 11.9 Å². The fraction of sp³-hybridized carbons (Fsp3) is 0.222. The fourth-order valence-corrected chi connectivity index (χ4v) is 1.49. The Hall–Kier alpha value is -1.02. The van der Waals surface area contributed by atoms with E-state index in [1.165, 1.54) is 0 Å². The van der Waals surface area contributed by atoms with Crippen LogP contribution in [0.1, 0.15) is 17.3 Å². The SMILES string of the molecule is CC1Oc2c(Cl)cccc2C1=O. The number of benzene rings is 1. The molecule has 0 amide bonds. The lowest BCUT2D eigenvalue weighted by Crippen LogP contribution is -2.14. The molecule has 0 saturated carbocycles. The molecule has 1 aliphatic heterocycles. The molecule has 1 aliphatic rings. The van der Waals surface area contributed by atoms with Gasteiger partial charge in [-0.2, -0.15) is 0 Å². The molecule has 0 N–H and O–H groups in total. The van der Waals surface area contributed by atoms with E-state index in [1.54, 1.807) is 25.1 Å². The molecule has 2 rings (SSSR count). The number of halogens is 1. The van der Waals surface area contributed by atoms with Crippen LogP contribution < -0.4 is 4.74 Å². The van der Waals surface area contributed by atoms with Gasteiger partial charge in [-0.15, -0.1) is 0 Å². The predicted molar refractivity (Wildman–Crippen MR) is 45.9 cm³/mol. The van der Waals surface area contributed by atoms with Crippen molar-refractivity contribution in [2.75, 3.05) is 0 Å². The van der Waals surface area contributed by atoms with Gasteiger partial charge in [0.15, 0.2) is 6.10 Å². The molecule has 1 aromatic rings. The first kappa shape index (κ1) is 7.62. The zero-order valence-electron chi connectivity index (χ0n) is 6.50. The van der Waals surface area contributed by atoms with Crippen LogP contribution in [-0.4, -0.2) is 11.9 Å². The second kappa shape index (κ2) is 2.49. The van der Waals surface area contributed by atoms with Crippen molar-refractivity contribution >= 4 is 17.4 Å². The largest absolute Gasteiger partial charge is 0.480 e. The Bertz CT molecular complexity index is 346. The number of hydrogen-bond donors (Lipinski definition) is 0. The van der Waals surface area contributed by atoms with Gasteiger partial charge in [-0.1, -0.05) is 17.7 Å². The van der Waals surface area contributed by atoms with Gasteiger partial charge in [0, 0.05) is 0 Å². The van der Waals surface area contributed by atoms with Crippen LogP contribution in [-0.2, 0) is 0 Å². The number of carbonyl (C=O) groups excluding carboxylic acids is 1. The summed E-state index contributed by atoms with van der Waals surface area (Å²) in [5.74, 6) is 0.532. The lowest BCUT2D eigenvalue weighted by atomic mass is 10.1. The van der Waals surface area contributed by atoms with Gasteiger partial charge in [-0.05, 0) is 19.1 Å². The lowest BCUT2D eigenvalue weighted by Gasteiger charge is -2.01. The van der Waals surface area contributed by atoms with Gasteiger partial charge >= 0.3 is 0 Å². The Morgan fingerprint density at radius 1 is 1.50 bits per heavy atom. The van der Waals surface area contributed by atoms with E-state index in [1.807, 2.05) is 0 Å². The van der Waals surface area contributed by atoms with Crippen molar-refractivity contribution in [3.05, 3.63) is 28.8 Å². The maximum atomic E-state index is 11.4. The summed E-state index contributed by atoms with van der Waals surface area (Å²) in [6.45, 7) is 1.72. The highest BCUT2D eigenvalue weighted by Gasteiger charge is 2.29. The highest BCUT2D eigenvalue weighted by Crippen LogP contribution is 2.35. The topological polar surface area (TPSA) is 26.3 Å². The number of carbonyl (C=O) groups is 1. The molecule has 62 valence electrons. The molecular weight excluding hydrogens is 176 g/mol. The summed E-state index contributed by atoms with van der Waals surface area (Å²) in [5.41, 5.74) is 0.593. The highest BCUT2D eigenvalue weighted by molar-refractivity contribution is 6.33. The maximum absolute atomic E-state index is 11.4. The van der Waals surface area contributed by atoms with Crippen LogP contribution in [0.15, 0.2) is 18.2 Å². The smallest absolute Gasteiger partial charge is 0.206 e. The van der Waals surface area contributed by atoms with Gasteiger partial charge in [-0.3, -0.25) is 4.79 Å². The molecule has 3 heteroatoms. The number of ether oxygens (including phenoxy) is 1. The van der Waals surface area contributed by atoms with E-state index >= 15 is 0 Å². The number of fused-ring (bicyclic) bond motifs is 1. The van der Waals surface area contributed by atoms with E-state index in [0.29, 0.717) is 16.3 Å². The van der Waals surface area contributed by atoms with Crippen LogP contribution in [0.5, 0.6) is 5.75 Å². The van der Waals surface area contributed by atoms with Crippen LogP contribution >= 0.6 is 11.6 Å². The standard InChI is InChI=1S/C9H7ClO2/c1-5-8(11)6-3-2-4-7(10)9(6)12-5/h2-5H,1H3. The summed E-state index contributed by atoms with van der Waals surface area (Å²) in [6.07, 6.45) is -0.389. The quantitative estimate of drug-likeness (QED) is 0.616. The minimum absolute atomic E-state index is 0.00694. The van der Waals surface area contributed by atoms with Crippen LogP contribution in [0.3, 0.4) is 0 Å². The minimum Gasteiger partial charge on any atom is -0.480 e. The first-order valence-corrected chi connectivity index (χ1v) is 4.07. The van der Waals surface area contributed by atoms with E-state index in [0.717, 1.165) is 0 Å². The summed E-state index contributed by atoms with van der Waals surface area (Å²) < 4.78 is 5.27. The molecule has 1 aromatic carbocycles. The number of hydrogen-bond acceptors (Lipinski definition) is 2. The van der Waals surface area contributed by atoms with E-state index < -0.39 is 0 Å². The van der Waals surface area contributed by atoms with Crippen molar-refractivity contribution in [2.24, 2.45) is 0 Å². The molecule has 0 saturated heterocycles. The van der Waals surface area contributed by atoms with Gasteiger partial charge in [0.1, 0.15) is 5.75 Å². The zero-order chi connectivity index (χ0) is 8.72. The monoisotopic (exact) mass is 182 g/mol. The molecule has 0 bridgehead atoms. The molecule has 2 nitrogen and oxygen atoms in total. The average Bonchev–Trinajstić information content (AvgIpc) is 2.32.